The van der Waals surface area contributed by atoms with Gasteiger partial charge in [0.25, 0.3) is 0 Å². The molecule has 0 aliphatic rings. The molecule has 4 nitrogen and oxygen atoms in total. The molecule has 0 spiro atoms. The second-order valence-electron chi connectivity index (χ2n) is 15.3. The number of ether oxygens (including phenoxy) is 1. The Morgan fingerprint density at radius 2 is 0.851 bits per heavy atom. The lowest BCUT2D eigenvalue weighted by molar-refractivity contribution is -0.152. The zero-order valence-corrected chi connectivity index (χ0v) is 35.3. The van der Waals surface area contributed by atoms with Crippen LogP contribution in [0.5, 0.6) is 0 Å². The number of rotatable bonds is 27. The van der Waals surface area contributed by atoms with Crippen molar-refractivity contribution >= 4 is 22.6 Å². The number of carbonyl (C=O) groups is 1. The van der Waals surface area contributed by atoms with Crippen LogP contribution in [-0.2, 0) is 18.4 Å². The molecular weight excluding hydrogens is 613 g/mol. The molecule has 0 fully saturated rings. The normalized spacial score (nSPS) is 13.8. The van der Waals surface area contributed by atoms with Crippen LogP contribution in [0.2, 0.25) is 33.2 Å². The highest BCUT2D eigenvalue weighted by Gasteiger charge is 2.47. The van der Waals surface area contributed by atoms with Crippen molar-refractivity contribution < 1.29 is 18.4 Å². The van der Waals surface area contributed by atoms with Gasteiger partial charge in [-0.15, -0.1) is 0 Å². The molecular formula is C41H78O4Si2. The van der Waals surface area contributed by atoms with Crippen molar-refractivity contribution in [2.75, 3.05) is 13.2 Å². The lowest BCUT2D eigenvalue weighted by atomic mass is 10.2. The number of hydrogen-bond acceptors (Lipinski definition) is 4. The summed E-state index contributed by atoms with van der Waals surface area (Å²) in [6.07, 6.45) is 27.6. The third-order valence-electron chi connectivity index (χ3n) is 9.96. The van der Waals surface area contributed by atoms with Gasteiger partial charge in [0.1, 0.15) is 6.10 Å². The van der Waals surface area contributed by atoms with E-state index in [2.05, 4.69) is 139 Å². The summed E-state index contributed by atoms with van der Waals surface area (Å²) in [6.45, 7) is 30.7. The molecule has 0 aliphatic heterocycles. The Hall–Kier alpha value is -1.22. The van der Waals surface area contributed by atoms with Gasteiger partial charge in [0.05, 0.1) is 13.2 Å². The van der Waals surface area contributed by atoms with Crippen molar-refractivity contribution in [2.24, 2.45) is 0 Å². The van der Waals surface area contributed by atoms with E-state index < -0.39 is 16.6 Å². The smallest absolute Gasteiger partial charge is 0.306 e. The van der Waals surface area contributed by atoms with Gasteiger partial charge in [0, 0.05) is 6.42 Å². The molecule has 0 radical (unpaired) electrons. The average molecular weight is 691 g/mol. The van der Waals surface area contributed by atoms with Crippen molar-refractivity contribution in [3.8, 4) is 0 Å². The molecule has 0 saturated heterocycles. The Kier molecular flexibility index (Phi) is 25.0. The van der Waals surface area contributed by atoms with E-state index in [-0.39, 0.29) is 12.1 Å². The molecule has 0 unspecified atom stereocenters. The van der Waals surface area contributed by atoms with E-state index in [4.69, 9.17) is 13.6 Å². The minimum Gasteiger partial charge on any atom is -0.458 e. The van der Waals surface area contributed by atoms with Crippen LogP contribution in [0.25, 0.3) is 0 Å². The highest BCUT2D eigenvalue weighted by molar-refractivity contribution is 6.78. The predicted octanol–water partition coefficient (Wildman–Crippen LogP) is 13.4. The monoisotopic (exact) mass is 691 g/mol. The minimum absolute atomic E-state index is 0.144. The fourth-order valence-corrected chi connectivity index (χ4v) is 18.7. The number of hydrogen-bond donors (Lipinski definition) is 0. The van der Waals surface area contributed by atoms with Gasteiger partial charge in [-0.3, -0.25) is 4.79 Å². The molecule has 0 aromatic heterocycles. The summed E-state index contributed by atoms with van der Waals surface area (Å²) in [6, 6.07) is 0. The van der Waals surface area contributed by atoms with Gasteiger partial charge in [-0.1, -0.05) is 151 Å². The second kappa shape index (κ2) is 25.7. The summed E-state index contributed by atoms with van der Waals surface area (Å²) in [7, 11) is -4.21. The predicted molar refractivity (Wildman–Crippen MR) is 212 cm³/mol. The van der Waals surface area contributed by atoms with Gasteiger partial charge in [-0.2, -0.15) is 0 Å². The third kappa shape index (κ3) is 16.8. The van der Waals surface area contributed by atoms with Crippen molar-refractivity contribution in [3.05, 3.63) is 48.6 Å². The molecule has 0 aliphatic carbocycles. The fraction of sp³-hybridized carbons (Fsp3) is 0.780. The van der Waals surface area contributed by atoms with Gasteiger partial charge >= 0.3 is 5.97 Å². The zero-order valence-electron chi connectivity index (χ0n) is 33.3. The van der Waals surface area contributed by atoms with Crippen molar-refractivity contribution in [2.45, 2.75) is 194 Å². The van der Waals surface area contributed by atoms with Gasteiger partial charge in [0.2, 0.25) is 16.6 Å². The van der Waals surface area contributed by atoms with E-state index >= 15 is 0 Å². The van der Waals surface area contributed by atoms with Gasteiger partial charge in [0.15, 0.2) is 0 Å². The lowest BCUT2D eigenvalue weighted by Crippen LogP contribution is -2.52. The first-order chi connectivity index (χ1) is 22.2. The van der Waals surface area contributed by atoms with E-state index in [1.807, 2.05) is 0 Å². The van der Waals surface area contributed by atoms with Crippen LogP contribution in [0.3, 0.4) is 0 Å². The quantitative estimate of drug-likeness (QED) is 0.0372. The van der Waals surface area contributed by atoms with E-state index in [0.717, 1.165) is 32.1 Å². The van der Waals surface area contributed by atoms with Crippen LogP contribution in [0, 0.1) is 0 Å². The number of allylic oxidation sites excluding steroid dienone is 8. The Morgan fingerprint density at radius 1 is 0.511 bits per heavy atom. The first-order valence-corrected chi connectivity index (χ1v) is 23.5. The van der Waals surface area contributed by atoms with Crippen molar-refractivity contribution in [1.29, 1.82) is 0 Å². The molecule has 0 aromatic rings. The molecule has 0 amide bonds. The Balaban J connectivity index is 5.08. The summed E-state index contributed by atoms with van der Waals surface area (Å²) in [4.78, 5) is 13.1. The molecule has 0 saturated carbocycles. The molecule has 0 bridgehead atoms. The number of carbonyl (C=O) groups excluding carboxylic acids is 1. The standard InChI is InChI=1S/C41H78O4Si2/c1-14-15-16-17-18-19-20-21-22-23-24-25-26-27-28-29-30-31-41(42)45-40(32-43-46(34(2)3,35(4)5)36(6)7)33-44-47(37(8)9,38(10)11)39(12)13/h18-19,21-22,24-25,27-28,34-40H,14-17,20,23,26,29-33H2,1-13H3/b19-18-,22-21-,25-24-,28-27-. The van der Waals surface area contributed by atoms with E-state index in [0.29, 0.717) is 52.9 Å². The average Bonchev–Trinajstić information content (AvgIpc) is 2.98. The molecule has 0 heterocycles. The van der Waals surface area contributed by atoms with Gasteiger partial charge < -0.3 is 13.6 Å². The van der Waals surface area contributed by atoms with Crippen LogP contribution in [0.1, 0.15) is 154 Å². The zero-order chi connectivity index (χ0) is 35.9. The first kappa shape index (κ1) is 45.8. The van der Waals surface area contributed by atoms with Gasteiger partial charge in [-0.05, 0) is 78.2 Å². The maximum absolute atomic E-state index is 13.1. The topological polar surface area (TPSA) is 44.8 Å². The van der Waals surface area contributed by atoms with E-state index in [1.54, 1.807) is 0 Å². The number of unbranched alkanes of at least 4 members (excludes halogenated alkanes) is 4. The Bertz CT molecular complexity index is 835. The lowest BCUT2D eigenvalue weighted by Gasteiger charge is -2.44. The second-order valence-corrected chi connectivity index (χ2v) is 26.3. The largest absolute Gasteiger partial charge is 0.458 e. The van der Waals surface area contributed by atoms with Crippen LogP contribution < -0.4 is 0 Å². The molecule has 47 heavy (non-hydrogen) atoms. The molecule has 0 N–H and O–H groups in total. The van der Waals surface area contributed by atoms with Crippen molar-refractivity contribution in [3.63, 3.8) is 0 Å². The summed E-state index contributed by atoms with van der Waals surface area (Å²) in [5.74, 6) is -0.144. The summed E-state index contributed by atoms with van der Waals surface area (Å²) < 4.78 is 20.0. The number of esters is 1. The summed E-state index contributed by atoms with van der Waals surface area (Å²) >= 11 is 0. The van der Waals surface area contributed by atoms with Crippen LogP contribution in [0.4, 0.5) is 0 Å². The van der Waals surface area contributed by atoms with Gasteiger partial charge in [-0.25, -0.2) is 0 Å². The maximum atomic E-state index is 13.1. The highest BCUT2D eigenvalue weighted by atomic mass is 28.4. The molecule has 274 valence electrons. The summed E-state index contributed by atoms with van der Waals surface area (Å²) in [5, 5.41) is 0. The summed E-state index contributed by atoms with van der Waals surface area (Å²) in [5.41, 5.74) is 2.84. The molecule has 0 aromatic carbocycles. The first-order valence-electron chi connectivity index (χ1n) is 19.3. The van der Waals surface area contributed by atoms with Crippen LogP contribution in [0.15, 0.2) is 48.6 Å². The third-order valence-corrected chi connectivity index (χ3v) is 22.1. The van der Waals surface area contributed by atoms with E-state index in [9.17, 15) is 4.79 Å². The molecule has 0 atom stereocenters. The SMILES string of the molecule is CCCCC/C=C\C/C=C\C/C=C\C/C=C\CCCC(=O)OC(CO[Si](C(C)C)(C(C)C)C(C)C)CO[Si](C(C)C)(C(C)C)C(C)C. The fourth-order valence-electron chi connectivity index (χ4n) is 7.76. The van der Waals surface area contributed by atoms with Crippen LogP contribution in [-0.4, -0.2) is 41.9 Å². The Labute approximate surface area is 295 Å². The minimum atomic E-state index is -2.10. The molecule has 6 heteroatoms. The van der Waals surface area contributed by atoms with Crippen LogP contribution >= 0.6 is 0 Å². The highest BCUT2D eigenvalue weighted by Crippen LogP contribution is 2.44. The Morgan fingerprint density at radius 3 is 1.19 bits per heavy atom. The maximum Gasteiger partial charge on any atom is 0.306 e. The van der Waals surface area contributed by atoms with Crippen molar-refractivity contribution in [1.82, 2.24) is 0 Å². The molecule has 0 rings (SSSR count). The van der Waals surface area contributed by atoms with E-state index in [1.165, 1.54) is 25.7 Å².